The number of halogens is 1. The molecule has 3 aromatic carbocycles. The first-order valence-electron chi connectivity index (χ1n) is 8.83. The molecule has 0 unspecified atom stereocenters. The third-order valence-corrected chi connectivity index (χ3v) is 4.87. The lowest BCUT2D eigenvalue weighted by atomic mass is 10.1. The Morgan fingerprint density at radius 2 is 1.85 bits per heavy atom. The van der Waals surface area contributed by atoms with E-state index in [0.717, 1.165) is 39.3 Å². The fourth-order valence-electron chi connectivity index (χ4n) is 3.21. The Labute approximate surface area is 162 Å². The largest absolute Gasteiger partial charge is 0.489 e. The zero-order chi connectivity index (χ0) is 19.0. The minimum Gasteiger partial charge on any atom is -0.489 e. The van der Waals surface area contributed by atoms with Gasteiger partial charge in [-0.1, -0.05) is 35.9 Å². The van der Waals surface area contributed by atoms with Crippen LogP contribution in [0.1, 0.15) is 35.8 Å². The molecule has 4 rings (SSSR count). The molecule has 0 saturated heterocycles. The van der Waals surface area contributed by atoms with Gasteiger partial charge in [0, 0.05) is 17.0 Å². The minimum atomic E-state index is 0.249. The van der Waals surface area contributed by atoms with Crippen molar-refractivity contribution < 1.29 is 9.53 Å². The highest BCUT2D eigenvalue weighted by Gasteiger charge is 2.12. The van der Waals surface area contributed by atoms with Crippen molar-refractivity contribution in [2.45, 2.75) is 26.5 Å². The lowest BCUT2D eigenvalue weighted by Crippen LogP contribution is -2.02. The van der Waals surface area contributed by atoms with E-state index < -0.39 is 0 Å². The fourth-order valence-corrected chi connectivity index (χ4v) is 3.44. The van der Waals surface area contributed by atoms with Crippen molar-refractivity contribution in [1.29, 1.82) is 0 Å². The summed E-state index contributed by atoms with van der Waals surface area (Å²) in [5, 5.41) is 7.91. The van der Waals surface area contributed by atoms with Gasteiger partial charge in [0.25, 0.3) is 0 Å². The average Bonchev–Trinajstić information content (AvgIpc) is 3.02. The molecule has 0 aliphatic heterocycles. The fraction of sp³-hybridized carbons (Fsp3) is 0.182. The molecular formula is C22H19ClN2O2. The molecule has 27 heavy (non-hydrogen) atoms. The molecule has 4 aromatic rings. The summed E-state index contributed by atoms with van der Waals surface area (Å²) in [4.78, 5) is 10.9. The van der Waals surface area contributed by atoms with Gasteiger partial charge in [-0.25, -0.2) is 0 Å². The van der Waals surface area contributed by atoms with Crippen molar-refractivity contribution >= 4 is 39.6 Å². The van der Waals surface area contributed by atoms with Crippen LogP contribution >= 0.6 is 11.6 Å². The SMILES string of the molecule is CC(C)n1nc(Cl)c2cc(COc3ccc4cc(C=O)ccc4c3)ccc21. The number of aromatic nitrogens is 2. The highest BCUT2D eigenvalue weighted by molar-refractivity contribution is 6.34. The minimum absolute atomic E-state index is 0.249. The van der Waals surface area contributed by atoms with Gasteiger partial charge in [0.15, 0.2) is 5.15 Å². The average molecular weight is 379 g/mol. The maximum atomic E-state index is 10.9. The van der Waals surface area contributed by atoms with Crippen molar-refractivity contribution in [2.75, 3.05) is 0 Å². The number of hydrogen-bond acceptors (Lipinski definition) is 3. The van der Waals surface area contributed by atoms with E-state index in [0.29, 0.717) is 17.3 Å². The molecule has 0 bridgehead atoms. The summed E-state index contributed by atoms with van der Waals surface area (Å²) in [6, 6.07) is 17.8. The highest BCUT2D eigenvalue weighted by Crippen LogP contribution is 2.27. The number of nitrogens with zero attached hydrogens (tertiary/aromatic N) is 2. The molecule has 0 aliphatic carbocycles. The molecule has 0 N–H and O–H groups in total. The lowest BCUT2D eigenvalue weighted by molar-refractivity contribution is 0.112. The first-order chi connectivity index (χ1) is 13.0. The second-order valence-corrected chi connectivity index (χ2v) is 7.21. The molecule has 0 fully saturated rings. The van der Waals surface area contributed by atoms with E-state index in [1.807, 2.05) is 53.2 Å². The van der Waals surface area contributed by atoms with Crippen LogP contribution < -0.4 is 4.74 Å². The van der Waals surface area contributed by atoms with Crippen LogP contribution in [0.2, 0.25) is 5.15 Å². The molecule has 1 heterocycles. The molecule has 0 radical (unpaired) electrons. The van der Waals surface area contributed by atoms with Crippen molar-refractivity contribution in [3.63, 3.8) is 0 Å². The molecule has 0 spiro atoms. The molecule has 0 amide bonds. The molecular weight excluding hydrogens is 360 g/mol. The maximum Gasteiger partial charge on any atom is 0.158 e. The summed E-state index contributed by atoms with van der Waals surface area (Å²) in [5.74, 6) is 0.783. The maximum absolute atomic E-state index is 10.9. The van der Waals surface area contributed by atoms with Crippen molar-refractivity contribution in [3.05, 3.63) is 70.9 Å². The van der Waals surface area contributed by atoms with Crippen LogP contribution in [0.3, 0.4) is 0 Å². The van der Waals surface area contributed by atoms with Crippen molar-refractivity contribution in [2.24, 2.45) is 0 Å². The van der Waals surface area contributed by atoms with E-state index in [9.17, 15) is 4.79 Å². The Morgan fingerprint density at radius 1 is 1.07 bits per heavy atom. The number of rotatable bonds is 5. The Hall–Kier alpha value is -2.85. The summed E-state index contributed by atoms with van der Waals surface area (Å²) < 4.78 is 7.89. The third kappa shape index (κ3) is 3.40. The smallest absolute Gasteiger partial charge is 0.158 e. The highest BCUT2D eigenvalue weighted by atomic mass is 35.5. The number of benzene rings is 3. The summed E-state index contributed by atoms with van der Waals surface area (Å²) in [6.45, 7) is 4.60. The standard InChI is InChI=1S/C22H19ClN2O2/c1-14(2)25-21-8-4-16(10-20(21)22(23)24-25)13-27-19-7-6-17-9-15(12-26)3-5-18(17)11-19/h3-12,14H,13H2,1-2H3. The van der Waals surface area contributed by atoms with Gasteiger partial charge in [-0.15, -0.1) is 0 Å². The van der Waals surface area contributed by atoms with Crippen LogP contribution in [0.15, 0.2) is 54.6 Å². The number of hydrogen-bond donors (Lipinski definition) is 0. The predicted octanol–water partition coefficient (Wildman–Crippen LogP) is 5.82. The third-order valence-electron chi connectivity index (χ3n) is 4.59. The second-order valence-electron chi connectivity index (χ2n) is 6.86. The lowest BCUT2D eigenvalue weighted by Gasteiger charge is -2.09. The monoisotopic (exact) mass is 378 g/mol. The Balaban J connectivity index is 1.57. The van der Waals surface area contributed by atoms with E-state index in [1.165, 1.54) is 0 Å². The van der Waals surface area contributed by atoms with Gasteiger partial charge in [-0.3, -0.25) is 9.48 Å². The number of aldehydes is 1. The second kappa shape index (κ2) is 7.05. The van der Waals surface area contributed by atoms with Crippen molar-refractivity contribution in [1.82, 2.24) is 9.78 Å². The van der Waals surface area contributed by atoms with Crippen LogP contribution in [0.25, 0.3) is 21.7 Å². The quantitative estimate of drug-likeness (QED) is 0.411. The Morgan fingerprint density at radius 3 is 2.63 bits per heavy atom. The van der Waals surface area contributed by atoms with Crippen LogP contribution in [-0.4, -0.2) is 16.1 Å². The van der Waals surface area contributed by atoms with E-state index >= 15 is 0 Å². The summed E-state index contributed by atoms with van der Waals surface area (Å²) in [7, 11) is 0. The van der Waals surface area contributed by atoms with Gasteiger partial charge in [-0.2, -0.15) is 5.10 Å². The molecule has 0 aliphatic rings. The van der Waals surface area contributed by atoms with Crippen molar-refractivity contribution in [3.8, 4) is 5.75 Å². The van der Waals surface area contributed by atoms with Crippen LogP contribution in [0.4, 0.5) is 0 Å². The number of fused-ring (bicyclic) bond motifs is 2. The van der Waals surface area contributed by atoms with E-state index in [4.69, 9.17) is 16.3 Å². The van der Waals surface area contributed by atoms with E-state index in [-0.39, 0.29) is 6.04 Å². The summed E-state index contributed by atoms with van der Waals surface area (Å²) in [6.07, 6.45) is 0.854. The first-order valence-corrected chi connectivity index (χ1v) is 9.21. The molecule has 0 saturated carbocycles. The van der Waals surface area contributed by atoms with Gasteiger partial charge >= 0.3 is 0 Å². The molecule has 5 heteroatoms. The van der Waals surface area contributed by atoms with E-state index in [1.54, 1.807) is 6.07 Å². The van der Waals surface area contributed by atoms with Gasteiger partial charge in [0.2, 0.25) is 0 Å². The summed E-state index contributed by atoms with van der Waals surface area (Å²) in [5.41, 5.74) is 2.72. The number of ether oxygens (including phenoxy) is 1. The summed E-state index contributed by atoms with van der Waals surface area (Å²) >= 11 is 6.30. The van der Waals surface area contributed by atoms with Gasteiger partial charge in [-0.05, 0) is 60.5 Å². The van der Waals surface area contributed by atoms with Gasteiger partial charge in [0.05, 0.1) is 5.52 Å². The Bertz CT molecular complexity index is 1150. The number of carbonyl (C=O) groups excluding carboxylic acids is 1. The zero-order valence-electron chi connectivity index (χ0n) is 15.1. The molecule has 136 valence electrons. The molecule has 4 nitrogen and oxygen atoms in total. The van der Waals surface area contributed by atoms with E-state index in [2.05, 4.69) is 18.9 Å². The van der Waals surface area contributed by atoms with Crippen LogP contribution in [0.5, 0.6) is 5.75 Å². The Kier molecular flexibility index (Phi) is 4.58. The van der Waals surface area contributed by atoms with Crippen LogP contribution in [-0.2, 0) is 6.61 Å². The molecule has 1 aromatic heterocycles. The van der Waals surface area contributed by atoms with Gasteiger partial charge < -0.3 is 4.74 Å². The number of carbonyl (C=O) groups is 1. The topological polar surface area (TPSA) is 44.1 Å². The normalized spacial score (nSPS) is 11.4. The molecule has 0 atom stereocenters. The zero-order valence-corrected chi connectivity index (χ0v) is 15.9. The van der Waals surface area contributed by atoms with Gasteiger partial charge in [0.1, 0.15) is 18.6 Å². The first kappa shape index (κ1) is 17.6. The van der Waals surface area contributed by atoms with Crippen LogP contribution in [0, 0.1) is 0 Å². The predicted molar refractivity (Wildman–Crippen MR) is 109 cm³/mol.